The van der Waals surface area contributed by atoms with Crippen LogP contribution in [0.5, 0.6) is 0 Å². The van der Waals surface area contributed by atoms with Crippen molar-refractivity contribution in [3.05, 3.63) is 0 Å². The summed E-state index contributed by atoms with van der Waals surface area (Å²) in [5, 5.41) is 0. The minimum absolute atomic E-state index is 0.0385. The van der Waals surface area contributed by atoms with Gasteiger partial charge in [-0.3, -0.25) is 0 Å². The van der Waals surface area contributed by atoms with Crippen LogP contribution in [-0.2, 0) is 14.2 Å². The Morgan fingerprint density at radius 1 is 0.688 bits per heavy atom. The summed E-state index contributed by atoms with van der Waals surface area (Å²) in [5.74, 6) is 0. The van der Waals surface area contributed by atoms with Crippen LogP contribution in [0.4, 0.5) is 0 Å². The van der Waals surface area contributed by atoms with Gasteiger partial charge in [0.2, 0.25) is 0 Å². The molecule has 0 aromatic heterocycles. The lowest BCUT2D eigenvalue weighted by Crippen LogP contribution is -2.37. The van der Waals surface area contributed by atoms with Crippen molar-refractivity contribution in [2.24, 2.45) is 5.41 Å². The van der Waals surface area contributed by atoms with Gasteiger partial charge >= 0.3 is 0 Å². The lowest BCUT2D eigenvalue weighted by atomic mass is 9.86. The van der Waals surface area contributed by atoms with E-state index in [-0.39, 0.29) is 5.41 Å². The van der Waals surface area contributed by atoms with Crippen LogP contribution in [0.15, 0.2) is 0 Å². The van der Waals surface area contributed by atoms with E-state index in [1.807, 2.05) is 20.8 Å². The van der Waals surface area contributed by atoms with Crippen LogP contribution < -0.4 is 0 Å². The van der Waals surface area contributed by atoms with Crippen LogP contribution >= 0.6 is 0 Å². The zero-order valence-corrected chi connectivity index (χ0v) is 11.4. The molecule has 0 aliphatic heterocycles. The lowest BCUT2D eigenvalue weighted by Gasteiger charge is -2.32. The van der Waals surface area contributed by atoms with Crippen LogP contribution in [0.2, 0.25) is 0 Å². The molecular formula is C13H28O3. The molecule has 0 bridgehead atoms. The number of ether oxygens (including phenoxy) is 3. The molecule has 16 heavy (non-hydrogen) atoms. The Balaban J connectivity index is 4.32. The molecule has 3 nitrogen and oxygen atoms in total. The molecule has 0 aliphatic carbocycles. The molecule has 0 rings (SSSR count). The molecule has 0 amide bonds. The predicted octanol–water partition coefficient (Wildman–Crippen LogP) is 2.88. The second kappa shape index (κ2) is 10.1. The smallest absolute Gasteiger partial charge is 0.0566 e. The van der Waals surface area contributed by atoms with Crippen molar-refractivity contribution in [3.8, 4) is 0 Å². The van der Waals surface area contributed by atoms with Crippen molar-refractivity contribution < 1.29 is 14.2 Å². The summed E-state index contributed by atoms with van der Waals surface area (Å²) in [6.45, 7) is 12.7. The molecule has 0 fully saturated rings. The van der Waals surface area contributed by atoms with Gasteiger partial charge in [0.15, 0.2) is 0 Å². The molecular weight excluding hydrogens is 204 g/mol. The predicted molar refractivity (Wildman–Crippen MR) is 66.8 cm³/mol. The summed E-state index contributed by atoms with van der Waals surface area (Å²) in [6.07, 6.45) is 2.22. The first kappa shape index (κ1) is 15.9. The van der Waals surface area contributed by atoms with E-state index in [9.17, 15) is 0 Å². The van der Waals surface area contributed by atoms with Gasteiger partial charge in [-0.2, -0.15) is 0 Å². The molecule has 0 saturated carbocycles. The molecule has 0 aromatic carbocycles. The van der Waals surface area contributed by atoms with Gasteiger partial charge in [-0.05, 0) is 27.2 Å². The number of rotatable bonds is 11. The fourth-order valence-corrected chi connectivity index (χ4v) is 1.83. The Hall–Kier alpha value is -0.120. The third-order valence-corrected chi connectivity index (χ3v) is 2.62. The van der Waals surface area contributed by atoms with Gasteiger partial charge in [0.25, 0.3) is 0 Å². The fourth-order valence-electron chi connectivity index (χ4n) is 1.83. The third kappa shape index (κ3) is 6.46. The van der Waals surface area contributed by atoms with Gasteiger partial charge in [-0.1, -0.05) is 13.3 Å². The quantitative estimate of drug-likeness (QED) is 0.548. The topological polar surface area (TPSA) is 27.7 Å². The first-order valence-corrected chi connectivity index (χ1v) is 6.47. The van der Waals surface area contributed by atoms with E-state index in [1.165, 1.54) is 0 Å². The van der Waals surface area contributed by atoms with E-state index in [0.29, 0.717) is 0 Å². The maximum atomic E-state index is 5.59. The number of hydrogen-bond donors (Lipinski definition) is 0. The second-order valence-corrected chi connectivity index (χ2v) is 4.16. The van der Waals surface area contributed by atoms with Crippen LogP contribution in [0, 0.1) is 5.41 Å². The van der Waals surface area contributed by atoms with Gasteiger partial charge in [0.1, 0.15) is 0 Å². The lowest BCUT2D eigenvalue weighted by molar-refractivity contribution is -0.0685. The highest BCUT2D eigenvalue weighted by atomic mass is 16.5. The van der Waals surface area contributed by atoms with Gasteiger partial charge in [0, 0.05) is 25.2 Å². The van der Waals surface area contributed by atoms with Gasteiger partial charge in [-0.15, -0.1) is 0 Å². The van der Waals surface area contributed by atoms with E-state index in [1.54, 1.807) is 0 Å². The van der Waals surface area contributed by atoms with Crippen molar-refractivity contribution in [2.75, 3.05) is 39.6 Å². The molecule has 0 unspecified atom stereocenters. The zero-order chi connectivity index (χ0) is 12.3. The van der Waals surface area contributed by atoms with Crippen molar-refractivity contribution in [3.63, 3.8) is 0 Å². The maximum absolute atomic E-state index is 5.59. The van der Waals surface area contributed by atoms with Crippen LogP contribution in [0.3, 0.4) is 0 Å². The minimum Gasteiger partial charge on any atom is -0.381 e. The highest BCUT2D eigenvalue weighted by Gasteiger charge is 2.30. The van der Waals surface area contributed by atoms with Crippen LogP contribution in [0.25, 0.3) is 0 Å². The minimum atomic E-state index is 0.0385. The summed E-state index contributed by atoms with van der Waals surface area (Å²) in [7, 11) is 0. The van der Waals surface area contributed by atoms with E-state index < -0.39 is 0 Å². The molecule has 0 aromatic rings. The van der Waals surface area contributed by atoms with Crippen LogP contribution in [-0.4, -0.2) is 39.6 Å². The SMILES string of the molecule is CCCC(COCC)(COCC)COCC. The molecule has 98 valence electrons. The van der Waals surface area contributed by atoms with Gasteiger partial charge in [0.05, 0.1) is 19.8 Å². The highest BCUT2D eigenvalue weighted by Crippen LogP contribution is 2.26. The van der Waals surface area contributed by atoms with Crippen molar-refractivity contribution in [1.29, 1.82) is 0 Å². The molecule has 3 heteroatoms. The Morgan fingerprint density at radius 2 is 1.06 bits per heavy atom. The molecule has 0 spiro atoms. The van der Waals surface area contributed by atoms with E-state index >= 15 is 0 Å². The summed E-state index contributed by atoms with van der Waals surface area (Å²) < 4.78 is 16.8. The summed E-state index contributed by atoms with van der Waals surface area (Å²) in [5.41, 5.74) is 0.0385. The highest BCUT2D eigenvalue weighted by molar-refractivity contribution is 4.78. The number of hydrogen-bond acceptors (Lipinski definition) is 3. The normalized spacial score (nSPS) is 12.0. The monoisotopic (exact) mass is 232 g/mol. The second-order valence-electron chi connectivity index (χ2n) is 4.16. The summed E-state index contributed by atoms with van der Waals surface area (Å²) >= 11 is 0. The molecule has 0 aliphatic rings. The average Bonchev–Trinajstić information content (AvgIpc) is 2.31. The van der Waals surface area contributed by atoms with E-state index in [4.69, 9.17) is 14.2 Å². The van der Waals surface area contributed by atoms with Crippen molar-refractivity contribution in [2.45, 2.75) is 40.5 Å². The Labute approximate surface area is 100 Å². The van der Waals surface area contributed by atoms with Crippen molar-refractivity contribution in [1.82, 2.24) is 0 Å². The molecule has 0 radical (unpaired) electrons. The molecule has 0 N–H and O–H groups in total. The first-order valence-electron chi connectivity index (χ1n) is 6.47. The zero-order valence-electron chi connectivity index (χ0n) is 11.4. The largest absolute Gasteiger partial charge is 0.381 e. The Bertz CT molecular complexity index is 126. The Kier molecular flexibility index (Phi) is 9.99. The molecule has 0 heterocycles. The molecule has 0 saturated heterocycles. The third-order valence-electron chi connectivity index (χ3n) is 2.62. The summed E-state index contributed by atoms with van der Waals surface area (Å²) in [6, 6.07) is 0. The Morgan fingerprint density at radius 3 is 1.31 bits per heavy atom. The van der Waals surface area contributed by atoms with E-state index in [2.05, 4.69) is 6.92 Å². The first-order chi connectivity index (χ1) is 7.74. The van der Waals surface area contributed by atoms with Gasteiger partial charge in [-0.25, -0.2) is 0 Å². The summed E-state index contributed by atoms with van der Waals surface area (Å²) in [4.78, 5) is 0. The van der Waals surface area contributed by atoms with Gasteiger partial charge < -0.3 is 14.2 Å². The standard InChI is InChI=1S/C13H28O3/c1-5-9-13(10-14-6-2,11-15-7-3)12-16-8-4/h5-12H2,1-4H3. The average molecular weight is 232 g/mol. The molecule has 0 atom stereocenters. The van der Waals surface area contributed by atoms with Crippen LogP contribution in [0.1, 0.15) is 40.5 Å². The van der Waals surface area contributed by atoms with Crippen molar-refractivity contribution >= 4 is 0 Å². The fraction of sp³-hybridized carbons (Fsp3) is 1.00. The maximum Gasteiger partial charge on any atom is 0.0566 e. The van der Waals surface area contributed by atoms with E-state index in [0.717, 1.165) is 52.5 Å².